The molecule has 24 heavy (non-hydrogen) atoms. The van der Waals surface area contributed by atoms with Gasteiger partial charge < -0.3 is 25.1 Å². The summed E-state index contributed by atoms with van der Waals surface area (Å²) in [6.45, 7) is 1.81. The predicted molar refractivity (Wildman–Crippen MR) is 94.6 cm³/mol. The highest BCUT2D eigenvalue weighted by molar-refractivity contribution is 7.80. The molecule has 1 amide bonds. The highest BCUT2D eigenvalue weighted by Crippen LogP contribution is 2.28. The molecule has 6 nitrogen and oxygen atoms in total. The van der Waals surface area contributed by atoms with E-state index < -0.39 is 6.04 Å². The summed E-state index contributed by atoms with van der Waals surface area (Å²) in [4.78, 5) is 12.8. The SMILES string of the molecule is COc1ccc(NC(=O)C2=C(C)NC(=S)NC2c2ccco2)cc1. The van der Waals surface area contributed by atoms with Gasteiger partial charge in [0.15, 0.2) is 5.11 Å². The zero-order valence-corrected chi connectivity index (χ0v) is 14.1. The van der Waals surface area contributed by atoms with Crippen molar-refractivity contribution in [3.8, 4) is 5.75 Å². The van der Waals surface area contributed by atoms with Crippen molar-refractivity contribution >= 4 is 28.9 Å². The van der Waals surface area contributed by atoms with Crippen LogP contribution in [0.3, 0.4) is 0 Å². The summed E-state index contributed by atoms with van der Waals surface area (Å²) in [6.07, 6.45) is 1.57. The molecule has 1 aliphatic rings. The molecule has 1 unspecified atom stereocenters. The predicted octanol–water partition coefficient (Wildman–Crippen LogP) is 2.72. The lowest BCUT2D eigenvalue weighted by atomic mass is 10.00. The molecule has 0 saturated heterocycles. The van der Waals surface area contributed by atoms with Gasteiger partial charge in [0.2, 0.25) is 0 Å². The Hall–Kier alpha value is -2.80. The van der Waals surface area contributed by atoms with Crippen molar-refractivity contribution < 1.29 is 13.9 Å². The Morgan fingerprint density at radius 3 is 2.67 bits per heavy atom. The van der Waals surface area contributed by atoms with E-state index >= 15 is 0 Å². The second-order valence-electron chi connectivity index (χ2n) is 5.27. The second-order valence-corrected chi connectivity index (χ2v) is 5.68. The minimum atomic E-state index is -0.438. The van der Waals surface area contributed by atoms with Crippen LogP contribution in [0.1, 0.15) is 18.7 Å². The van der Waals surface area contributed by atoms with Gasteiger partial charge in [-0.15, -0.1) is 0 Å². The fourth-order valence-electron chi connectivity index (χ4n) is 2.54. The van der Waals surface area contributed by atoms with Gasteiger partial charge >= 0.3 is 0 Å². The largest absolute Gasteiger partial charge is 0.497 e. The van der Waals surface area contributed by atoms with E-state index in [0.29, 0.717) is 27.8 Å². The quantitative estimate of drug-likeness (QED) is 0.741. The number of ether oxygens (including phenoxy) is 1. The van der Waals surface area contributed by atoms with Gasteiger partial charge in [-0.3, -0.25) is 4.79 Å². The first-order chi connectivity index (χ1) is 11.6. The van der Waals surface area contributed by atoms with Crippen molar-refractivity contribution in [1.82, 2.24) is 10.6 Å². The van der Waals surface area contributed by atoms with Crippen LogP contribution in [0, 0.1) is 0 Å². The number of carbonyl (C=O) groups is 1. The molecular formula is C17H17N3O3S. The number of hydrogen-bond acceptors (Lipinski definition) is 4. The number of allylic oxidation sites excluding steroid dienone is 1. The summed E-state index contributed by atoms with van der Waals surface area (Å²) >= 11 is 5.19. The molecule has 3 N–H and O–H groups in total. The van der Waals surface area contributed by atoms with E-state index in [1.165, 1.54) is 0 Å². The Bertz CT molecular complexity index is 782. The maximum Gasteiger partial charge on any atom is 0.255 e. The van der Waals surface area contributed by atoms with Gasteiger partial charge in [0.05, 0.1) is 18.9 Å². The van der Waals surface area contributed by atoms with Crippen LogP contribution in [0.15, 0.2) is 58.3 Å². The first-order valence-electron chi connectivity index (χ1n) is 7.35. The minimum Gasteiger partial charge on any atom is -0.497 e. The van der Waals surface area contributed by atoms with Crippen molar-refractivity contribution in [2.24, 2.45) is 0 Å². The van der Waals surface area contributed by atoms with Crippen molar-refractivity contribution in [3.63, 3.8) is 0 Å². The zero-order chi connectivity index (χ0) is 17.1. The van der Waals surface area contributed by atoms with E-state index in [-0.39, 0.29) is 5.91 Å². The summed E-state index contributed by atoms with van der Waals surface area (Å²) in [7, 11) is 1.60. The van der Waals surface area contributed by atoms with Gasteiger partial charge in [-0.05, 0) is 55.5 Å². The smallest absolute Gasteiger partial charge is 0.255 e. The second kappa shape index (κ2) is 6.76. The lowest BCUT2D eigenvalue weighted by Crippen LogP contribution is -2.45. The van der Waals surface area contributed by atoms with Crippen molar-refractivity contribution in [2.75, 3.05) is 12.4 Å². The fourth-order valence-corrected chi connectivity index (χ4v) is 2.81. The van der Waals surface area contributed by atoms with E-state index in [2.05, 4.69) is 16.0 Å². The Kier molecular flexibility index (Phi) is 4.52. The van der Waals surface area contributed by atoms with E-state index in [4.69, 9.17) is 21.4 Å². The van der Waals surface area contributed by atoms with Gasteiger partial charge in [-0.25, -0.2) is 0 Å². The number of hydrogen-bond donors (Lipinski definition) is 3. The molecule has 2 heterocycles. The number of rotatable bonds is 4. The van der Waals surface area contributed by atoms with Crippen LogP contribution in [0.2, 0.25) is 0 Å². The van der Waals surface area contributed by atoms with Gasteiger partial charge in [0.1, 0.15) is 17.6 Å². The van der Waals surface area contributed by atoms with Crippen LogP contribution in [0.5, 0.6) is 5.75 Å². The lowest BCUT2D eigenvalue weighted by molar-refractivity contribution is -0.113. The molecule has 0 bridgehead atoms. The van der Waals surface area contributed by atoms with Crippen LogP contribution >= 0.6 is 12.2 Å². The average molecular weight is 343 g/mol. The first-order valence-corrected chi connectivity index (χ1v) is 7.76. The Morgan fingerprint density at radius 2 is 2.04 bits per heavy atom. The van der Waals surface area contributed by atoms with Gasteiger partial charge in [0, 0.05) is 11.4 Å². The molecule has 3 rings (SSSR count). The van der Waals surface area contributed by atoms with Crippen molar-refractivity contribution in [3.05, 3.63) is 59.7 Å². The van der Waals surface area contributed by atoms with Crippen LogP contribution in [-0.2, 0) is 4.79 Å². The average Bonchev–Trinajstić information content (AvgIpc) is 3.09. The summed E-state index contributed by atoms with van der Waals surface area (Å²) in [6, 6.07) is 10.3. The van der Waals surface area contributed by atoms with Crippen molar-refractivity contribution in [2.45, 2.75) is 13.0 Å². The molecule has 7 heteroatoms. The first kappa shape index (κ1) is 16.1. The molecule has 2 aromatic rings. The molecular weight excluding hydrogens is 326 g/mol. The molecule has 0 radical (unpaired) electrons. The summed E-state index contributed by atoms with van der Waals surface area (Å²) in [5.74, 6) is 1.11. The molecule has 1 atom stereocenters. The highest BCUT2D eigenvalue weighted by atomic mass is 32.1. The number of benzene rings is 1. The van der Waals surface area contributed by atoms with Gasteiger partial charge in [-0.1, -0.05) is 0 Å². The molecule has 0 spiro atoms. The van der Waals surface area contributed by atoms with Crippen LogP contribution in [-0.4, -0.2) is 18.1 Å². The normalized spacial score (nSPS) is 17.1. The fraction of sp³-hybridized carbons (Fsp3) is 0.176. The zero-order valence-electron chi connectivity index (χ0n) is 13.3. The van der Waals surface area contributed by atoms with Crippen LogP contribution in [0.4, 0.5) is 5.69 Å². The highest BCUT2D eigenvalue weighted by Gasteiger charge is 2.31. The standard InChI is InChI=1S/C17H17N3O3S/c1-10-14(15(20-17(24)18-10)13-4-3-9-23-13)16(21)19-11-5-7-12(22-2)8-6-11/h3-9,15H,1-2H3,(H,19,21)(H2,18,20,24). The summed E-state index contributed by atoms with van der Waals surface area (Å²) < 4.78 is 10.6. The van der Waals surface area contributed by atoms with Gasteiger partial charge in [0.25, 0.3) is 5.91 Å². The number of nitrogens with one attached hydrogen (secondary N) is 3. The molecule has 1 aromatic heterocycles. The van der Waals surface area contributed by atoms with Crippen molar-refractivity contribution in [1.29, 1.82) is 0 Å². The molecule has 0 saturated carbocycles. The third-order valence-corrected chi connectivity index (χ3v) is 3.91. The maximum absolute atomic E-state index is 12.8. The topological polar surface area (TPSA) is 75.5 Å². The molecule has 0 aliphatic carbocycles. The van der Waals surface area contributed by atoms with E-state index in [1.54, 1.807) is 49.8 Å². The summed E-state index contributed by atoms with van der Waals surface area (Å²) in [5, 5.41) is 9.39. The number of anilines is 1. The third kappa shape index (κ3) is 3.26. The number of amides is 1. The van der Waals surface area contributed by atoms with E-state index in [9.17, 15) is 4.79 Å². The van der Waals surface area contributed by atoms with E-state index in [1.807, 2.05) is 6.92 Å². The Labute approximate surface area is 144 Å². The van der Waals surface area contributed by atoms with Crippen LogP contribution < -0.4 is 20.7 Å². The molecule has 124 valence electrons. The van der Waals surface area contributed by atoms with E-state index in [0.717, 1.165) is 5.75 Å². The molecule has 1 aliphatic heterocycles. The van der Waals surface area contributed by atoms with Crippen LogP contribution in [0.25, 0.3) is 0 Å². The lowest BCUT2D eigenvalue weighted by Gasteiger charge is -2.28. The maximum atomic E-state index is 12.8. The Balaban J connectivity index is 1.87. The third-order valence-electron chi connectivity index (χ3n) is 3.69. The monoisotopic (exact) mass is 343 g/mol. The Morgan fingerprint density at radius 1 is 1.29 bits per heavy atom. The molecule has 1 aromatic carbocycles. The minimum absolute atomic E-state index is 0.235. The number of methoxy groups -OCH3 is 1. The summed E-state index contributed by atoms with van der Waals surface area (Å²) in [5.41, 5.74) is 1.88. The number of thiocarbonyl (C=S) groups is 1. The number of carbonyl (C=O) groups excluding carboxylic acids is 1. The van der Waals surface area contributed by atoms with Gasteiger partial charge in [-0.2, -0.15) is 0 Å². The number of furan rings is 1. The molecule has 0 fully saturated rings.